The summed E-state index contributed by atoms with van der Waals surface area (Å²) in [6, 6.07) is 12.9. The predicted molar refractivity (Wildman–Crippen MR) is 108 cm³/mol. The summed E-state index contributed by atoms with van der Waals surface area (Å²) >= 11 is 0.985. The zero-order valence-corrected chi connectivity index (χ0v) is 16.5. The number of hydrazone groups is 1. The molecule has 8 nitrogen and oxygen atoms in total. The fourth-order valence-electron chi connectivity index (χ4n) is 2.77. The van der Waals surface area contributed by atoms with Gasteiger partial charge in [0.25, 0.3) is 5.91 Å². The highest BCUT2D eigenvalue weighted by molar-refractivity contribution is 7.99. The molecule has 1 aliphatic rings. The number of aromatic amines is 1. The van der Waals surface area contributed by atoms with Gasteiger partial charge in [0.2, 0.25) is 5.56 Å². The van der Waals surface area contributed by atoms with Gasteiger partial charge >= 0.3 is 5.97 Å². The van der Waals surface area contributed by atoms with Crippen LogP contribution in [0.2, 0.25) is 0 Å². The predicted octanol–water partition coefficient (Wildman–Crippen LogP) is 1.83. The molecule has 3 rings (SSSR count). The van der Waals surface area contributed by atoms with Crippen molar-refractivity contribution in [2.75, 3.05) is 18.9 Å². The molecular weight excluding hydrogens is 392 g/mol. The third-order valence-corrected chi connectivity index (χ3v) is 5.18. The van der Waals surface area contributed by atoms with Gasteiger partial charge in [-0.3, -0.25) is 14.4 Å². The van der Waals surface area contributed by atoms with Crippen molar-refractivity contribution < 1.29 is 14.3 Å². The van der Waals surface area contributed by atoms with Gasteiger partial charge in [0, 0.05) is 12.5 Å². The third-order valence-electron chi connectivity index (χ3n) is 4.21. The molecule has 2 heterocycles. The second-order valence-corrected chi connectivity index (χ2v) is 7.25. The second kappa shape index (κ2) is 9.21. The van der Waals surface area contributed by atoms with E-state index in [1.54, 1.807) is 6.92 Å². The summed E-state index contributed by atoms with van der Waals surface area (Å²) in [5.41, 5.74) is 2.25. The number of hydrogen-bond acceptors (Lipinski definition) is 7. The van der Waals surface area contributed by atoms with E-state index in [0.717, 1.165) is 23.0 Å². The first-order valence-corrected chi connectivity index (χ1v) is 9.82. The number of aromatic nitrogens is 1. The second-order valence-electron chi connectivity index (χ2n) is 6.26. The summed E-state index contributed by atoms with van der Waals surface area (Å²) in [5.74, 6) is -1.17. The minimum atomic E-state index is -0.624. The Morgan fingerprint density at radius 1 is 1.34 bits per heavy atom. The molecule has 0 spiro atoms. The topological polar surface area (TPSA) is 116 Å². The first kappa shape index (κ1) is 20.4. The van der Waals surface area contributed by atoms with Gasteiger partial charge in [-0.2, -0.15) is 10.4 Å². The van der Waals surface area contributed by atoms with Gasteiger partial charge < -0.3 is 9.72 Å². The number of nitriles is 1. The number of carbonyl (C=O) groups excluding carboxylic acids is 2. The van der Waals surface area contributed by atoms with Crippen molar-refractivity contribution in [1.29, 1.82) is 5.26 Å². The average Bonchev–Trinajstić information content (AvgIpc) is 3.21. The van der Waals surface area contributed by atoms with Crippen LogP contribution in [0, 0.1) is 18.3 Å². The van der Waals surface area contributed by atoms with Crippen molar-refractivity contribution in [3.8, 4) is 6.07 Å². The Labute approximate surface area is 171 Å². The van der Waals surface area contributed by atoms with Gasteiger partial charge in [-0.1, -0.05) is 42.1 Å². The number of H-pyrrole nitrogens is 1. The number of ether oxygens (including phenoxy) is 1. The molecule has 0 fully saturated rings. The molecule has 1 aliphatic heterocycles. The first-order chi connectivity index (χ1) is 14.0. The van der Waals surface area contributed by atoms with Crippen LogP contribution in [-0.4, -0.2) is 46.5 Å². The number of thioether (sulfide) groups is 1. The number of amides is 1. The summed E-state index contributed by atoms with van der Waals surface area (Å²) in [6.45, 7) is 1.67. The van der Waals surface area contributed by atoms with E-state index < -0.39 is 18.5 Å². The number of nitrogens with one attached hydrogen (secondary N) is 1. The average molecular weight is 410 g/mol. The van der Waals surface area contributed by atoms with E-state index in [1.807, 2.05) is 36.4 Å². The first-order valence-electron chi connectivity index (χ1n) is 8.83. The lowest BCUT2D eigenvalue weighted by Gasteiger charge is -2.11. The van der Waals surface area contributed by atoms with E-state index in [2.05, 4.69) is 10.1 Å². The molecule has 0 saturated heterocycles. The minimum absolute atomic E-state index is 0.139. The Balaban J connectivity index is 1.52. The molecule has 29 heavy (non-hydrogen) atoms. The summed E-state index contributed by atoms with van der Waals surface area (Å²) in [6.07, 6.45) is 0.636. The van der Waals surface area contributed by atoms with Gasteiger partial charge in [0.1, 0.15) is 6.07 Å². The van der Waals surface area contributed by atoms with E-state index in [9.17, 15) is 19.6 Å². The van der Waals surface area contributed by atoms with Crippen LogP contribution in [-0.2, 0) is 14.3 Å². The summed E-state index contributed by atoms with van der Waals surface area (Å²) in [5, 5.41) is 15.1. The third kappa shape index (κ3) is 5.12. The van der Waals surface area contributed by atoms with Crippen molar-refractivity contribution in [3.63, 3.8) is 0 Å². The van der Waals surface area contributed by atoms with Crippen LogP contribution in [0.5, 0.6) is 0 Å². The highest BCUT2D eigenvalue weighted by Gasteiger charge is 2.22. The van der Waals surface area contributed by atoms with E-state index in [-0.39, 0.29) is 11.3 Å². The van der Waals surface area contributed by atoms with Gasteiger partial charge in [-0.05, 0) is 18.1 Å². The Morgan fingerprint density at radius 3 is 2.83 bits per heavy atom. The molecule has 0 saturated carbocycles. The zero-order valence-electron chi connectivity index (χ0n) is 15.7. The molecule has 2 aromatic rings. The van der Waals surface area contributed by atoms with Crippen LogP contribution in [0.1, 0.15) is 23.1 Å². The number of aryl methyl sites for hydroxylation is 1. The van der Waals surface area contributed by atoms with Crippen molar-refractivity contribution in [1.82, 2.24) is 9.99 Å². The van der Waals surface area contributed by atoms with Crippen molar-refractivity contribution in [2.24, 2.45) is 5.10 Å². The number of benzene rings is 1. The van der Waals surface area contributed by atoms with Gasteiger partial charge in [-0.25, -0.2) is 5.01 Å². The highest BCUT2D eigenvalue weighted by atomic mass is 32.2. The molecule has 0 unspecified atom stereocenters. The smallest absolute Gasteiger partial charge is 0.316 e. The van der Waals surface area contributed by atoms with E-state index >= 15 is 0 Å². The van der Waals surface area contributed by atoms with Gasteiger partial charge in [0.15, 0.2) is 6.61 Å². The molecule has 9 heteroatoms. The van der Waals surface area contributed by atoms with Crippen LogP contribution >= 0.6 is 11.8 Å². The molecule has 1 aromatic heterocycles. The summed E-state index contributed by atoms with van der Waals surface area (Å²) < 4.78 is 5.02. The number of carbonyl (C=O) groups is 2. The molecule has 1 amide bonds. The molecule has 0 radical (unpaired) electrons. The number of rotatable bonds is 6. The molecule has 0 aliphatic carbocycles. The maximum Gasteiger partial charge on any atom is 0.316 e. The number of hydrogen-bond donors (Lipinski definition) is 1. The maximum atomic E-state index is 12.2. The lowest BCUT2D eigenvalue weighted by Crippen LogP contribution is -2.29. The molecule has 148 valence electrons. The van der Waals surface area contributed by atoms with Crippen LogP contribution in [0.3, 0.4) is 0 Å². The molecule has 1 aromatic carbocycles. The van der Waals surface area contributed by atoms with Crippen LogP contribution < -0.4 is 5.56 Å². The fraction of sp³-hybridized carbons (Fsp3) is 0.250. The Morgan fingerprint density at radius 2 is 2.10 bits per heavy atom. The summed E-state index contributed by atoms with van der Waals surface area (Å²) in [7, 11) is 0. The van der Waals surface area contributed by atoms with Crippen LogP contribution in [0.15, 0.2) is 51.3 Å². The van der Waals surface area contributed by atoms with Crippen molar-refractivity contribution in [2.45, 2.75) is 18.4 Å². The molecular formula is C20H18N4O4S. The highest BCUT2D eigenvalue weighted by Crippen LogP contribution is 2.21. The minimum Gasteiger partial charge on any atom is -0.455 e. The van der Waals surface area contributed by atoms with Crippen LogP contribution in [0.4, 0.5) is 0 Å². The molecule has 0 atom stereocenters. The quantitative estimate of drug-likeness (QED) is 0.574. The normalized spacial score (nSPS) is 13.0. The van der Waals surface area contributed by atoms with Gasteiger partial charge in [-0.15, -0.1) is 0 Å². The molecule has 0 bridgehead atoms. The maximum absolute atomic E-state index is 12.2. The van der Waals surface area contributed by atoms with Crippen molar-refractivity contribution in [3.05, 3.63) is 63.4 Å². The molecule has 1 N–H and O–H groups in total. The monoisotopic (exact) mass is 410 g/mol. The fourth-order valence-corrected chi connectivity index (χ4v) is 3.63. The number of esters is 1. The van der Waals surface area contributed by atoms with Gasteiger partial charge in [0.05, 0.1) is 28.6 Å². The zero-order chi connectivity index (χ0) is 20.8. The Hall–Kier alpha value is -3.38. The lowest BCUT2D eigenvalue weighted by molar-refractivity contribution is -0.149. The largest absolute Gasteiger partial charge is 0.455 e. The SMILES string of the molecule is Cc1cc(=O)[nH]c(SCC(=O)OCC(=O)N2CCC(c3ccccc3)=N2)c1C#N. The van der Waals surface area contributed by atoms with Crippen molar-refractivity contribution >= 4 is 29.4 Å². The lowest BCUT2D eigenvalue weighted by atomic mass is 10.1. The van der Waals surface area contributed by atoms with Crippen LogP contribution in [0.25, 0.3) is 0 Å². The van der Waals surface area contributed by atoms with E-state index in [0.29, 0.717) is 29.1 Å². The number of pyridine rings is 1. The summed E-state index contributed by atoms with van der Waals surface area (Å²) in [4.78, 5) is 38.3. The van der Waals surface area contributed by atoms with E-state index in [1.165, 1.54) is 11.1 Å². The standard InChI is InChI=1S/C20H18N4O4S/c1-13-9-17(25)22-20(15(13)10-21)29-12-19(27)28-11-18(26)24-8-7-16(23-24)14-5-3-2-4-6-14/h2-6,9H,7-8,11-12H2,1H3,(H,22,25). The Bertz CT molecular complexity index is 1060. The van der Waals surface area contributed by atoms with E-state index in [4.69, 9.17) is 4.74 Å². The number of nitrogens with zero attached hydrogens (tertiary/aromatic N) is 3. The Kier molecular flexibility index (Phi) is 6.46.